The predicted molar refractivity (Wildman–Crippen MR) is 118 cm³/mol. The number of likely N-dealkylation sites (N-methyl/N-ethyl adjacent to an activating group) is 1. The Bertz CT molecular complexity index is 1150. The molecule has 0 saturated heterocycles. The van der Waals surface area contributed by atoms with Crippen LogP contribution >= 0.6 is 0 Å². The Morgan fingerprint density at radius 1 is 0.903 bits per heavy atom. The van der Waals surface area contributed by atoms with Gasteiger partial charge < -0.3 is 19.7 Å². The summed E-state index contributed by atoms with van der Waals surface area (Å²) in [5.41, 5.74) is 1.62. The molecule has 0 spiro atoms. The Kier molecular flexibility index (Phi) is 6.13. The summed E-state index contributed by atoms with van der Waals surface area (Å²) in [6.07, 6.45) is 6.51. The van der Waals surface area contributed by atoms with E-state index in [1.54, 1.807) is 24.7 Å². The van der Waals surface area contributed by atoms with Crippen molar-refractivity contribution in [2.24, 2.45) is 0 Å². The van der Waals surface area contributed by atoms with E-state index in [1.165, 1.54) is 6.33 Å². The number of rotatable bonds is 8. The lowest BCUT2D eigenvalue weighted by Crippen LogP contribution is -2.19. The fourth-order valence-electron chi connectivity index (χ4n) is 2.76. The summed E-state index contributed by atoms with van der Waals surface area (Å²) in [5.74, 6) is 3.01. The van der Waals surface area contributed by atoms with E-state index in [-0.39, 0.29) is 0 Å². The number of nitrogens with one attached hydrogen (secondary N) is 1. The maximum absolute atomic E-state index is 5.92. The zero-order valence-electron chi connectivity index (χ0n) is 17.6. The van der Waals surface area contributed by atoms with E-state index in [0.717, 1.165) is 23.1 Å². The molecule has 0 bridgehead atoms. The van der Waals surface area contributed by atoms with Crippen molar-refractivity contribution in [2.45, 2.75) is 6.92 Å². The van der Waals surface area contributed by atoms with Crippen molar-refractivity contribution in [3.63, 3.8) is 0 Å². The van der Waals surface area contributed by atoms with Crippen molar-refractivity contribution in [3.05, 3.63) is 60.9 Å². The van der Waals surface area contributed by atoms with Crippen molar-refractivity contribution in [2.75, 3.05) is 32.6 Å². The Balaban J connectivity index is 1.50. The maximum atomic E-state index is 5.92. The van der Waals surface area contributed by atoms with Gasteiger partial charge in [0.2, 0.25) is 5.88 Å². The average Bonchev–Trinajstić information content (AvgIpc) is 2.77. The van der Waals surface area contributed by atoms with Gasteiger partial charge in [0.05, 0.1) is 29.8 Å². The number of pyridine rings is 1. The van der Waals surface area contributed by atoms with Crippen LogP contribution in [0.4, 0.5) is 11.6 Å². The van der Waals surface area contributed by atoms with Gasteiger partial charge in [-0.3, -0.25) is 4.98 Å². The third-order valence-corrected chi connectivity index (χ3v) is 4.37. The summed E-state index contributed by atoms with van der Waals surface area (Å²) < 4.78 is 11.6. The van der Waals surface area contributed by atoms with Crippen LogP contribution in [0, 0.1) is 6.92 Å². The van der Waals surface area contributed by atoms with Crippen molar-refractivity contribution < 1.29 is 9.47 Å². The van der Waals surface area contributed by atoms with Crippen molar-refractivity contribution in [1.29, 1.82) is 0 Å². The fourth-order valence-corrected chi connectivity index (χ4v) is 2.76. The molecule has 0 aliphatic rings. The number of hydrogen-bond acceptors (Lipinski definition) is 9. The highest BCUT2D eigenvalue weighted by Gasteiger charge is 2.08. The molecule has 0 amide bonds. The van der Waals surface area contributed by atoms with E-state index in [0.29, 0.717) is 35.6 Å². The maximum Gasteiger partial charge on any atom is 0.219 e. The highest BCUT2D eigenvalue weighted by molar-refractivity contribution is 5.91. The average molecular weight is 417 g/mol. The number of fused-ring (bicyclic) bond motifs is 1. The van der Waals surface area contributed by atoms with Crippen LogP contribution in [0.5, 0.6) is 17.4 Å². The first-order chi connectivity index (χ1) is 15.1. The number of benzene rings is 1. The van der Waals surface area contributed by atoms with E-state index >= 15 is 0 Å². The van der Waals surface area contributed by atoms with Crippen LogP contribution < -0.4 is 14.8 Å². The summed E-state index contributed by atoms with van der Waals surface area (Å²) in [4.78, 5) is 23.6. The van der Waals surface area contributed by atoms with Crippen molar-refractivity contribution in [3.8, 4) is 17.4 Å². The normalized spacial score (nSPS) is 11.0. The molecular weight excluding hydrogens is 394 g/mol. The van der Waals surface area contributed by atoms with Gasteiger partial charge in [0, 0.05) is 18.0 Å². The summed E-state index contributed by atoms with van der Waals surface area (Å²) in [7, 11) is 4.00. The van der Waals surface area contributed by atoms with Gasteiger partial charge in [0.25, 0.3) is 0 Å². The zero-order chi connectivity index (χ0) is 21.6. The van der Waals surface area contributed by atoms with Crippen LogP contribution in [0.2, 0.25) is 0 Å². The minimum atomic E-state index is 0.468. The van der Waals surface area contributed by atoms with Gasteiger partial charge in [0.1, 0.15) is 36.1 Å². The number of aromatic nitrogens is 5. The third kappa shape index (κ3) is 5.40. The van der Waals surface area contributed by atoms with Crippen LogP contribution in [-0.4, -0.2) is 57.1 Å². The van der Waals surface area contributed by atoms with Gasteiger partial charge in [-0.05, 0) is 45.3 Å². The number of nitrogens with zero attached hydrogens (tertiary/aromatic N) is 6. The largest absolute Gasteiger partial charge is 0.491 e. The molecule has 9 heteroatoms. The van der Waals surface area contributed by atoms with E-state index in [4.69, 9.17) is 9.47 Å². The number of ether oxygens (including phenoxy) is 2. The van der Waals surface area contributed by atoms with Crippen molar-refractivity contribution in [1.82, 2.24) is 29.8 Å². The van der Waals surface area contributed by atoms with E-state index < -0.39 is 0 Å². The van der Waals surface area contributed by atoms with Crippen LogP contribution in [0.3, 0.4) is 0 Å². The van der Waals surface area contributed by atoms with Crippen LogP contribution in [0.25, 0.3) is 10.9 Å². The molecule has 31 heavy (non-hydrogen) atoms. The Morgan fingerprint density at radius 3 is 2.52 bits per heavy atom. The lowest BCUT2D eigenvalue weighted by atomic mass is 10.2. The molecule has 0 unspecified atom stereocenters. The smallest absolute Gasteiger partial charge is 0.219 e. The minimum Gasteiger partial charge on any atom is -0.491 e. The third-order valence-electron chi connectivity index (χ3n) is 4.37. The highest BCUT2D eigenvalue weighted by atomic mass is 16.5. The first-order valence-electron chi connectivity index (χ1n) is 9.79. The number of hydrogen-bond donors (Lipinski definition) is 1. The first-order valence-corrected chi connectivity index (χ1v) is 9.79. The molecule has 3 aromatic heterocycles. The second kappa shape index (κ2) is 9.31. The molecule has 3 heterocycles. The lowest BCUT2D eigenvalue weighted by molar-refractivity contribution is 0.260. The van der Waals surface area contributed by atoms with Gasteiger partial charge in [-0.25, -0.2) is 19.9 Å². The molecule has 1 aromatic carbocycles. The van der Waals surface area contributed by atoms with Crippen LogP contribution in [0.15, 0.2) is 55.2 Å². The van der Waals surface area contributed by atoms with E-state index in [1.807, 2.05) is 45.3 Å². The Morgan fingerprint density at radius 2 is 1.77 bits per heavy atom. The van der Waals surface area contributed by atoms with Gasteiger partial charge in [0.15, 0.2) is 0 Å². The zero-order valence-corrected chi connectivity index (χ0v) is 17.6. The first kappa shape index (κ1) is 20.4. The quantitative estimate of drug-likeness (QED) is 0.461. The van der Waals surface area contributed by atoms with Gasteiger partial charge in [-0.15, -0.1) is 0 Å². The topological polar surface area (TPSA) is 98.2 Å². The second-order valence-corrected chi connectivity index (χ2v) is 7.16. The summed E-state index contributed by atoms with van der Waals surface area (Å²) in [6.45, 7) is 3.32. The molecule has 0 radical (unpaired) electrons. The monoisotopic (exact) mass is 417 g/mol. The molecule has 9 nitrogen and oxygen atoms in total. The Labute approximate surface area is 180 Å². The number of aryl methyl sites for hydroxylation is 1. The lowest BCUT2D eigenvalue weighted by Gasteiger charge is -2.11. The van der Waals surface area contributed by atoms with E-state index in [2.05, 4.69) is 35.1 Å². The standard InChI is InChI=1S/C22H23N7O2/c1-15-11-24-20(13-23-15)28-22-18-10-16(4-6-19(18)26-14-27-22)31-21-7-5-17(12-25-21)30-9-8-29(2)3/h4-7,10-14H,8-9H2,1-3H3,(H,24,26,27,28). The molecule has 158 valence electrons. The molecule has 0 aliphatic heterocycles. The fraction of sp³-hybridized carbons (Fsp3) is 0.227. The molecule has 4 aromatic rings. The van der Waals surface area contributed by atoms with Gasteiger partial charge in [-0.2, -0.15) is 0 Å². The Hall–Kier alpha value is -3.85. The predicted octanol–water partition coefficient (Wildman–Crippen LogP) is 3.60. The molecule has 1 N–H and O–H groups in total. The molecule has 0 saturated carbocycles. The highest BCUT2D eigenvalue weighted by Crippen LogP contribution is 2.28. The van der Waals surface area contributed by atoms with Gasteiger partial charge in [-0.1, -0.05) is 0 Å². The number of anilines is 2. The minimum absolute atomic E-state index is 0.468. The second-order valence-electron chi connectivity index (χ2n) is 7.16. The SMILES string of the molecule is Cc1cnc(Nc2ncnc3ccc(Oc4ccc(OCCN(C)C)cn4)cc23)cn1. The van der Waals surface area contributed by atoms with Crippen molar-refractivity contribution >= 4 is 22.5 Å². The molecule has 0 atom stereocenters. The summed E-state index contributed by atoms with van der Waals surface area (Å²) in [5, 5.41) is 3.98. The molecule has 4 rings (SSSR count). The summed E-state index contributed by atoms with van der Waals surface area (Å²) >= 11 is 0. The van der Waals surface area contributed by atoms with Crippen LogP contribution in [0.1, 0.15) is 5.69 Å². The van der Waals surface area contributed by atoms with E-state index in [9.17, 15) is 0 Å². The summed E-state index contributed by atoms with van der Waals surface area (Å²) in [6, 6.07) is 9.19. The van der Waals surface area contributed by atoms with Gasteiger partial charge >= 0.3 is 0 Å². The molecular formula is C22H23N7O2. The van der Waals surface area contributed by atoms with Crippen LogP contribution in [-0.2, 0) is 0 Å². The molecule has 0 aliphatic carbocycles. The molecule has 0 fully saturated rings.